The quantitative estimate of drug-likeness (QED) is 0.679. The number of aromatic nitrogens is 1. The van der Waals surface area contributed by atoms with Gasteiger partial charge in [0.1, 0.15) is 5.75 Å². The van der Waals surface area contributed by atoms with Crippen molar-refractivity contribution in [3.05, 3.63) is 58.3 Å². The van der Waals surface area contributed by atoms with E-state index in [2.05, 4.69) is 15.5 Å². The number of rotatable bonds is 5. The number of hydrazone groups is 1. The van der Waals surface area contributed by atoms with Gasteiger partial charge in [-0.15, -0.1) is 0 Å². The highest BCUT2D eigenvalue weighted by atomic mass is 35.5. The Bertz CT molecular complexity index is 648. The van der Waals surface area contributed by atoms with Crippen LogP contribution in [-0.4, -0.2) is 23.7 Å². The van der Waals surface area contributed by atoms with Crippen molar-refractivity contribution in [1.29, 1.82) is 0 Å². The lowest BCUT2D eigenvalue weighted by Crippen LogP contribution is -2.24. The highest BCUT2D eigenvalue weighted by molar-refractivity contribution is 6.35. The summed E-state index contributed by atoms with van der Waals surface area (Å²) in [6.07, 6.45) is 4.78. The predicted molar refractivity (Wildman–Crippen MR) is 81.9 cm³/mol. The number of benzene rings is 1. The minimum Gasteiger partial charge on any atom is -0.482 e. The predicted octanol–water partition coefficient (Wildman–Crippen LogP) is 2.92. The second kappa shape index (κ2) is 7.61. The lowest BCUT2D eigenvalue weighted by Gasteiger charge is -2.06. The minimum atomic E-state index is -0.397. The molecule has 1 amide bonds. The number of ether oxygens (including phenoxy) is 1. The molecule has 1 N–H and O–H groups in total. The normalized spacial score (nSPS) is 10.6. The van der Waals surface area contributed by atoms with Crippen LogP contribution in [-0.2, 0) is 4.79 Å². The first-order valence-electron chi connectivity index (χ1n) is 5.95. The number of pyridine rings is 1. The fourth-order valence-electron chi connectivity index (χ4n) is 1.40. The summed E-state index contributed by atoms with van der Waals surface area (Å²) in [5.41, 5.74) is 3.17. The van der Waals surface area contributed by atoms with Crippen LogP contribution >= 0.6 is 23.2 Å². The lowest BCUT2D eigenvalue weighted by atomic mass is 10.3. The molecule has 108 valence electrons. The molecule has 1 aromatic heterocycles. The van der Waals surface area contributed by atoms with E-state index in [0.717, 1.165) is 5.56 Å². The Morgan fingerprint density at radius 1 is 1.29 bits per heavy atom. The van der Waals surface area contributed by atoms with Crippen molar-refractivity contribution in [2.45, 2.75) is 0 Å². The van der Waals surface area contributed by atoms with Crippen LogP contribution in [0.15, 0.2) is 47.8 Å². The Morgan fingerprint density at radius 3 is 2.76 bits per heavy atom. The molecule has 5 nitrogen and oxygen atoms in total. The summed E-state index contributed by atoms with van der Waals surface area (Å²) in [6.45, 7) is -0.199. The van der Waals surface area contributed by atoms with E-state index in [1.165, 1.54) is 12.3 Å². The van der Waals surface area contributed by atoms with Gasteiger partial charge in [0.05, 0.1) is 11.2 Å². The first-order valence-corrected chi connectivity index (χ1v) is 6.70. The summed E-state index contributed by atoms with van der Waals surface area (Å²) in [5.74, 6) is -0.0133. The van der Waals surface area contributed by atoms with Crippen LogP contribution in [0.25, 0.3) is 0 Å². The SMILES string of the molecule is O=C(COc1ccc(Cl)cc1Cl)N/N=C/c1ccncc1. The van der Waals surface area contributed by atoms with Crippen molar-refractivity contribution >= 4 is 35.3 Å². The number of hydrogen-bond acceptors (Lipinski definition) is 4. The van der Waals surface area contributed by atoms with Gasteiger partial charge in [-0.3, -0.25) is 9.78 Å². The molecule has 0 radical (unpaired) electrons. The molecule has 0 saturated carbocycles. The van der Waals surface area contributed by atoms with Gasteiger partial charge in [-0.1, -0.05) is 23.2 Å². The number of hydrogen-bond donors (Lipinski definition) is 1. The van der Waals surface area contributed by atoms with Gasteiger partial charge in [-0.05, 0) is 35.9 Å². The highest BCUT2D eigenvalue weighted by Gasteiger charge is 2.05. The molecule has 2 aromatic rings. The topological polar surface area (TPSA) is 63.6 Å². The minimum absolute atomic E-state index is 0.199. The molecule has 0 unspecified atom stereocenters. The van der Waals surface area contributed by atoms with Gasteiger partial charge < -0.3 is 4.74 Å². The molecule has 21 heavy (non-hydrogen) atoms. The molecule has 7 heteroatoms. The molecule has 0 saturated heterocycles. The molecule has 0 aliphatic carbocycles. The molecule has 0 aliphatic heterocycles. The molecule has 0 bridgehead atoms. The van der Waals surface area contributed by atoms with Crippen molar-refractivity contribution in [1.82, 2.24) is 10.4 Å². The zero-order chi connectivity index (χ0) is 15.1. The monoisotopic (exact) mass is 323 g/mol. The number of halogens is 2. The Labute approximate surface area is 131 Å². The van der Waals surface area contributed by atoms with Crippen LogP contribution in [0.5, 0.6) is 5.75 Å². The van der Waals surface area contributed by atoms with E-state index in [9.17, 15) is 4.79 Å². The van der Waals surface area contributed by atoms with Crippen LogP contribution in [0.1, 0.15) is 5.56 Å². The number of nitrogens with one attached hydrogen (secondary N) is 1. The summed E-state index contributed by atoms with van der Waals surface area (Å²) in [6, 6.07) is 8.29. The van der Waals surface area contributed by atoms with Crippen molar-refractivity contribution in [3.63, 3.8) is 0 Å². The summed E-state index contributed by atoms with van der Waals surface area (Å²) in [7, 11) is 0. The molecule has 0 aliphatic rings. The number of carbonyl (C=O) groups is 1. The Morgan fingerprint density at radius 2 is 2.05 bits per heavy atom. The Balaban J connectivity index is 1.81. The van der Waals surface area contributed by atoms with E-state index in [-0.39, 0.29) is 6.61 Å². The van der Waals surface area contributed by atoms with E-state index >= 15 is 0 Å². The van der Waals surface area contributed by atoms with E-state index in [1.54, 1.807) is 36.7 Å². The average molecular weight is 324 g/mol. The van der Waals surface area contributed by atoms with Crippen molar-refractivity contribution in [3.8, 4) is 5.75 Å². The molecule has 2 rings (SSSR count). The zero-order valence-electron chi connectivity index (χ0n) is 10.8. The molecular formula is C14H11Cl2N3O2. The first kappa shape index (κ1) is 15.3. The molecule has 1 heterocycles. The van der Waals surface area contributed by atoms with E-state index in [0.29, 0.717) is 15.8 Å². The van der Waals surface area contributed by atoms with E-state index in [1.807, 2.05) is 0 Å². The van der Waals surface area contributed by atoms with Gasteiger partial charge in [0.15, 0.2) is 6.61 Å². The van der Waals surface area contributed by atoms with Gasteiger partial charge in [0, 0.05) is 17.4 Å². The molecule has 0 atom stereocenters. The van der Waals surface area contributed by atoms with Crippen LogP contribution in [0.3, 0.4) is 0 Å². The van der Waals surface area contributed by atoms with Crippen LogP contribution in [0, 0.1) is 0 Å². The van der Waals surface area contributed by atoms with E-state index in [4.69, 9.17) is 27.9 Å². The summed E-state index contributed by atoms with van der Waals surface area (Å²) in [4.78, 5) is 15.4. The van der Waals surface area contributed by atoms with Crippen LogP contribution in [0.4, 0.5) is 0 Å². The number of nitrogens with zero attached hydrogens (tertiary/aromatic N) is 2. The summed E-state index contributed by atoms with van der Waals surface area (Å²) < 4.78 is 5.27. The number of carbonyl (C=O) groups excluding carboxylic acids is 1. The number of amides is 1. The largest absolute Gasteiger partial charge is 0.482 e. The smallest absolute Gasteiger partial charge is 0.277 e. The molecule has 1 aromatic carbocycles. The summed E-state index contributed by atoms with van der Waals surface area (Å²) in [5, 5.41) is 4.65. The maximum absolute atomic E-state index is 11.6. The standard InChI is InChI=1S/C14H11Cl2N3O2/c15-11-1-2-13(12(16)7-11)21-9-14(20)19-18-8-10-3-5-17-6-4-10/h1-8H,9H2,(H,19,20)/b18-8+. The van der Waals surface area contributed by atoms with Gasteiger partial charge in [0.2, 0.25) is 0 Å². The van der Waals surface area contributed by atoms with Gasteiger partial charge >= 0.3 is 0 Å². The van der Waals surface area contributed by atoms with Gasteiger partial charge in [-0.2, -0.15) is 5.10 Å². The van der Waals surface area contributed by atoms with Crippen LogP contribution < -0.4 is 10.2 Å². The summed E-state index contributed by atoms with van der Waals surface area (Å²) >= 11 is 11.7. The molecular weight excluding hydrogens is 313 g/mol. The third kappa shape index (κ3) is 5.06. The fourth-order valence-corrected chi connectivity index (χ4v) is 1.86. The second-order valence-corrected chi connectivity index (χ2v) is 4.78. The van der Waals surface area contributed by atoms with Crippen molar-refractivity contribution in [2.75, 3.05) is 6.61 Å². The molecule has 0 spiro atoms. The van der Waals surface area contributed by atoms with Gasteiger partial charge in [0.25, 0.3) is 5.91 Å². The second-order valence-electron chi connectivity index (χ2n) is 3.94. The average Bonchev–Trinajstić information content (AvgIpc) is 2.47. The third-order valence-corrected chi connectivity index (χ3v) is 2.89. The molecule has 0 fully saturated rings. The van der Waals surface area contributed by atoms with Crippen LogP contribution in [0.2, 0.25) is 10.0 Å². The highest BCUT2D eigenvalue weighted by Crippen LogP contribution is 2.27. The third-order valence-electron chi connectivity index (χ3n) is 2.36. The Hall–Kier alpha value is -2.11. The fraction of sp³-hybridized carbons (Fsp3) is 0.0714. The maximum atomic E-state index is 11.6. The van der Waals surface area contributed by atoms with Gasteiger partial charge in [-0.25, -0.2) is 5.43 Å². The Kier molecular flexibility index (Phi) is 5.54. The first-order chi connectivity index (χ1) is 10.1. The maximum Gasteiger partial charge on any atom is 0.277 e. The van der Waals surface area contributed by atoms with E-state index < -0.39 is 5.91 Å². The van der Waals surface area contributed by atoms with Crippen molar-refractivity contribution in [2.24, 2.45) is 5.10 Å². The van der Waals surface area contributed by atoms with Crippen molar-refractivity contribution < 1.29 is 9.53 Å². The zero-order valence-corrected chi connectivity index (χ0v) is 12.3. The lowest BCUT2D eigenvalue weighted by molar-refractivity contribution is -0.123.